The first-order valence-corrected chi connectivity index (χ1v) is 9.27. The van der Waals surface area contributed by atoms with Gasteiger partial charge < -0.3 is 9.80 Å². The third-order valence-corrected chi connectivity index (χ3v) is 5.57. The van der Waals surface area contributed by atoms with Crippen LogP contribution >= 0.6 is 24.8 Å². The highest BCUT2D eigenvalue weighted by atomic mass is 35.5. The fourth-order valence-corrected chi connectivity index (χ4v) is 3.99. The molecule has 2 unspecified atom stereocenters. The first-order chi connectivity index (χ1) is 11.9. The Morgan fingerprint density at radius 2 is 1.74 bits per heavy atom. The van der Waals surface area contributed by atoms with Crippen molar-refractivity contribution in [3.63, 3.8) is 0 Å². The Balaban J connectivity index is 0.00000182. The lowest BCUT2D eigenvalue weighted by Crippen LogP contribution is -2.55. The number of rotatable bonds is 3. The molecule has 0 saturated carbocycles. The molecule has 6 nitrogen and oxygen atoms in total. The SMILES string of the molecule is CC1CCCCN1C(=O)CN1CCN(C(=O)C2CC(F)(F)CN2)CC1.Cl.Cl. The predicted molar refractivity (Wildman–Crippen MR) is 104 cm³/mol. The summed E-state index contributed by atoms with van der Waals surface area (Å²) in [6, 6.07) is -0.475. The zero-order valence-electron chi connectivity index (χ0n) is 15.7. The van der Waals surface area contributed by atoms with E-state index >= 15 is 0 Å². The van der Waals surface area contributed by atoms with Gasteiger partial charge in [0.05, 0.1) is 19.1 Å². The van der Waals surface area contributed by atoms with E-state index in [-0.39, 0.29) is 36.6 Å². The highest BCUT2D eigenvalue weighted by molar-refractivity contribution is 5.85. The first kappa shape index (κ1) is 24.3. The van der Waals surface area contributed by atoms with Gasteiger partial charge in [-0.1, -0.05) is 0 Å². The van der Waals surface area contributed by atoms with Crippen LogP contribution in [-0.4, -0.2) is 90.3 Å². The average Bonchev–Trinajstić information content (AvgIpc) is 2.95. The van der Waals surface area contributed by atoms with E-state index < -0.39 is 24.9 Å². The number of hydrogen-bond acceptors (Lipinski definition) is 4. The Kier molecular flexibility index (Phi) is 9.18. The van der Waals surface area contributed by atoms with E-state index in [0.29, 0.717) is 38.8 Å². The highest BCUT2D eigenvalue weighted by Crippen LogP contribution is 2.26. The molecule has 1 N–H and O–H groups in total. The van der Waals surface area contributed by atoms with E-state index in [1.54, 1.807) is 4.90 Å². The molecule has 10 heteroatoms. The number of halogens is 4. The quantitative estimate of drug-likeness (QED) is 0.734. The Hall–Kier alpha value is -0.700. The van der Waals surface area contributed by atoms with E-state index in [0.717, 1.165) is 19.4 Å². The second-order valence-corrected chi connectivity index (χ2v) is 7.53. The summed E-state index contributed by atoms with van der Waals surface area (Å²) >= 11 is 0. The highest BCUT2D eigenvalue weighted by Gasteiger charge is 2.43. The van der Waals surface area contributed by atoms with Crippen LogP contribution in [-0.2, 0) is 9.59 Å². The van der Waals surface area contributed by atoms with Crippen LogP contribution in [0.2, 0.25) is 0 Å². The minimum Gasteiger partial charge on any atom is -0.339 e. The monoisotopic (exact) mass is 430 g/mol. The lowest BCUT2D eigenvalue weighted by molar-refractivity contribution is -0.138. The van der Waals surface area contributed by atoms with Gasteiger partial charge in [0.2, 0.25) is 11.8 Å². The molecule has 0 aromatic rings. The summed E-state index contributed by atoms with van der Waals surface area (Å²) in [6.45, 7) is 5.10. The van der Waals surface area contributed by atoms with Crippen molar-refractivity contribution < 1.29 is 18.4 Å². The van der Waals surface area contributed by atoms with Crippen LogP contribution in [0.15, 0.2) is 0 Å². The Labute approximate surface area is 171 Å². The molecule has 3 fully saturated rings. The number of nitrogens with zero attached hydrogens (tertiary/aromatic N) is 3. The van der Waals surface area contributed by atoms with Gasteiger partial charge in [0.1, 0.15) is 0 Å². The van der Waals surface area contributed by atoms with Gasteiger partial charge in [0.15, 0.2) is 0 Å². The molecule has 27 heavy (non-hydrogen) atoms. The molecule has 158 valence electrons. The van der Waals surface area contributed by atoms with Crippen LogP contribution in [0.25, 0.3) is 0 Å². The summed E-state index contributed by atoms with van der Waals surface area (Å²) in [6.07, 6.45) is 2.89. The zero-order chi connectivity index (χ0) is 18.0. The first-order valence-electron chi connectivity index (χ1n) is 9.27. The van der Waals surface area contributed by atoms with Gasteiger partial charge in [-0.25, -0.2) is 8.78 Å². The number of alkyl halides is 2. The van der Waals surface area contributed by atoms with Crippen molar-refractivity contribution in [1.82, 2.24) is 20.0 Å². The van der Waals surface area contributed by atoms with Crippen molar-refractivity contribution in [2.24, 2.45) is 0 Å². The molecule has 3 aliphatic rings. The number of piperazine rings is 1. The van der Waals surface area contributed by atoms with Gasteiger partial charge in [-0.15, -0.1) is 24.8 Å². The molecule has 3 rings (SSSR count). The van der Waals surface area contributed by atoms with E-state index in [2.05, 4.69) is 17.1 Å². The van der Waals surface area contributed by atoms with E-state index in [4.69, 9.17) is 0 Å². The lowest BCUT2D eigenvalue weighted by Gasteiger charge is -2.38. The molecule has 2 amide bonds. The normalized spacial score (nSPS) is 28.3. The number of carbonyl (C=O) groups is 2. The van der Waals surface area contributed by atoms with Crippen molar-refractivity contribution in [3.05, 3.63) is 0 Å². The molecule has 3 saturated heterocycles. The molecule has 0 bridgehead atoms. The van der Waals surface area contributed by atoms with Crippen LogP contribution < -0.4 is 5.32 Å². The fraction of sp³-hybridized carbons (Fsp3) is 0.882. The summed E-state index contributed by atoms with van der Waals surface area (Å²) in [4.78, 5) is 30.5. The third-order valence-electron chi connectivity index (χ3n) is 5.57. The van der Waals surface area contributed by atoms with Gasteiger partial charge in [-0.05, 0) is 26.2 Å². The number of likely N-dealkylation sites (tertiary alicyclic amines) is 1. The second kappa shape index (κ2) is 10.2. The molecule has 0 radical (unpaired) electrons. The second-order valence-electron chi connectivity index (χ2n) is 7.53. The van der Waals surface area contributed by atoms with Crippen LogP contribution in [0.5, 0.6) is 0 Å². The maximum Gasteiger partial charge on any atom is 0.262 e. The molecule has 3 heterocycles. The third kappa shape index (κ3) is 6.14. The minimum absolute atomic E-state index is 0. The van der Waals surface area contributed by atoms with Crippen LogP contribution in [0, 0.1) is 0 Å². The summed E-state index contributed by atoms with van der Waals surface area (Å²) in [5.41, 5.74) is 0. The Morgan fingerprint density at radius 3 is 2.30 bits per heavy atom. The summed E-state index contributed by atoms with van der Waals surface area (Å²) < 4.78 is 26.5. The van der Waals surface area contributed by atoms with E-state index in [1.165, 1.54) is 6.42 Å². The number of hydrogen-bond donors (Lipinski definition) is 1. The minimum atomic E-state index is -2.79. The van der Waals surface area contributed by atoms with E-state index in [1.807, 2.05) is 4.90 Å². The maximum atomic E-state index is 13.3. The Bertz CT molecular complexity index is 519. The molecule has 0 aromatic carbocycles. The van der Waals surface area contributed by atoms with Crippen LogP contribution in [0.4, 0.5) is 8.78 Å². The van der Waals surface area contributed by atoms with E-state index in [9.17, 15) is 18.4 Å². The predicted octanol–water partition coefficient (Wildman–Crippen LogP) is 1.37. The number of amides is 2. The number of piperidine rings is 1. The largest absolute Gasteiger partial charge is 0.339 e. The van der Waals surface area contributed by atoms with Crippen molar-refractivity contribution in [2.75, 3.05) is 45.8 Å². The van der Waals surface area contributed by atoms with Gasteiger partial charge in [-0.2, -0.15) is 0 Å². The molecular formula is C17H30Cl2F2N4O2. The zero-order valence-corrected chi connectivity index (χ0v) is 17.3. The number of carbonyl (C=O) groups excluding carboxylic acids is 2. The molecule has 0 aromatic heterocycles. The standard InChI is InChI=1S/C17H28F2N4O2.2ClH/c1-13-4-2-3-5-23(13)15(24)11-21-6-8-22(9-7-21)16(25)14-10-17(18,19)12-20-14;;/h13-14,20H,2-12H2,1H3;2*1H. The fourth-order valence-electron chi connectivity index (χ4n) is 3.99. The average molecular weight is 431 g/mol. The van der Waals surface area contributed by atoms with Crippen molar-refractivity contribution in [1.29, 1.82) is 0 Å². The molecule has 0 spiro atoms. The van der Waals surface area contributed by atoms with Crippen LogP contribution in [0.1, 0.15) is 32.6 Å². The lowest BCUT2D eigenvalue weighted by atomic mass is 10.0. The van der Waals surface area contributed by atoms with Gasteiger partial charge in [0, 0.05) is 45.2 Å². The van der Waals surface area contributed by atoms with Crippen LogP contribution in [0.3, 0.4) is 0 Å². The smallest absolute Gasteiger partial charge is 0.262 e. The Morgan fingerprint density at radius 1 is 1.07 bits per heavy atom. The maximum absolute atomic E-state index is 13.3. The summed E-state index contributed by atoms with van der Waals surface area (Å²) in [5.74, 6) is -2.88. The number of nitrogens with one attached hydrogen (secondary N) is 1. The van der Waals surface area contributed by atoms with Crippen molar-refractivity contribution in [2.45, 2.75) is 50.6 Å². The van der Waals surface area contributed by atoms with Gasteiger partial charge in [-0.3, -0.25) is 19.8 Å². The van der Waals surface area contributed by atoms with Gasteiger partial charge in [0.25, 0.3) is 5.92 Å². The summed E-state index contributed by atoms with van der Waals surface area (Å²) in [5, 5.41) is 2.62. The molecule has 2 atom stereocenters. The molecular weight excluding hydrogens is 401 g/mol. The topological polar surface area (TPSA) is 55.9 Å². The summed E-state index contributed by atoms with van der Waals surface area (Å²) in [7, 11) is 0. The van der Waals surface area contributed by atoms with Crippen molar-refractivity contribution >= 4 is 36.6 Å². The van der Waals surface area contributed by atoms with Gasteiger partial charge >= 0.3 is 0 Å². The molecule has 0 aliphatic carbocycles. The van der Waals surface area contributed by atoms with Crippen molar-refractivity contribution in [3.8, 4) is 0 Å². The molecule has 3 aliphatic heterocycles.